The summed E-state index contributed by atoms with van der Waals surface area (Å²) in [6.07, 6.45) is 5.77. The van der Waals surface area contributed by atoms with Crippen molar-refractivity contribution in [1.82, 2.24) is 24.8 Å². The number of rotatable bonds is 1. The van der Waals surface area contributed by atoms with Gasteiger partial charge in [-0.25, -0.2) is 15.0 Å². The molecule has 8 heteroatoms. The maximum Gasteiger partial charge on any atom is 0.165 e. The number of nitrogen functional groups attached to an aromatic ring is 1. The van der Waals surface area contributed by atoms with Gasteiger partial charge in [-0.2, -0.15) is 0 Å². The molecule has 0 amide bonds. The van der Waals surface area contributed by atoms with Gasteiger partial charge in [-0.3, -0.25) is 0 Å². The summed E-state index contributed by atoms with van der Waals surface area (Å²) >= 11 is 0. The monoisotopic (exact) mass is 318 g/mol. The summed E-state index contributed by atoms with van der Waals surface area (Å²) in [6.45, 7) is 3.99. The SMILES string of the molecule is C[C@@]1(O)COC2(CCNCC2)C[C@H]1n1cnc2c(N)ncnc21. The van der Waals surface area contributed by atoms with Crippen molar-refractivity contribution in [2.24, 2.45) is 0 Å². The van der Waals surface area contributed by atoms with Gasteiger partial charge in [-0.15, -0.1) is 0 Å². The van der Waals surface area contributed by atoms with Crippen LogP contribution in [-0.2, 0) is 4.74 Å². The fourth-order valence-electron chi connectivity index (χ4n) is 3.75. The van der Waals surface area contributed by atoms with E-state index in [9.17, 15) is 5.11 Å². The van der Waals surface area contributed by atoms with Gasteiger partial charge >= 0.3 is 0 Å². The fourth-order valence-corrected chi connectivity index (χ4v) is 3.75. The number of aromatic nitrogens is 4. The lowest BCUT2D eigenvalue weighted by molar-refractivity contribution is -0.194. The molecule has 8 nitrogen and oxygen atoms in total. The second kappa shape index (κ2) is 5.12. The van der Waals surface area contributed by atoms with E-state index in [0.29, 0.717) is 23.6 Å². The molecule has 124 valence electrons. The van der Waals surface area contributed by atoms with Crippen LogP contribution in [0.2, 0.25) is 0 Å². The number of nitrogens with two attached hydrogens (primary N) is 1. The molecule has 2 aliphatic rings. The van der Waals surface area contributed by atoms with Crippen LogP contribution in [0.15, 0.2) is 12.7 Å². The van der Waals surface area contributed by atoms with Gasteiger partial charge < -0.3 is 25.5 Å². The van der Waals surface area contributed by atoms with Crippen LogP contribution < -0.4 is 11.1 Å². The molecule has 0 aromatic carbocycles. The van der Waals surface area contributed by atoms with Gasteiger partial charge in [0, 0.05) is 6.42 Å². The summed E-state index contributed by atoms with van der Waals surface area (Å²) in [7, 11) is 0. The molecule has 23 heavy (non-hydrogen) atoms. The van der Waals surface area contributed by atoms with Crippen molar-refractivity contribution in [2.75, 3.05) is 25.4 Å². The van der Waals surface area contributed by atoms with E-state index < -0.39 is 5.60 Å². The third-order valence-electron chi connectivity index (χ3n) is 5.19. The number of hydrogen-bond donors (Lipinski definition) is 3. The molecule has 2 aliphatic heterocycles. The molecule has 2 aromatic rings. The van der Waals surface area contributed by atoms with Crippen LogP contribution in [0.4, 0.5) is 5.82 Å². The van der Waals surface area contributed by atoms with Crippen molar-refractivity contribution in [3.05, 3.63) is 12.7 Å². The number of hydrogen-bond acceptors (Lipinski definition) is 7. The quantitative estimate of drug-likeness (QED) is 0.691. The van der Waals surface area contributed by atoms with E-state index in [0.717, 1.165) is 32.4 Å². The Bertz CT molecular complexity index is 722. The molecular formula is C15H22N6O2. The summed E-state index contributed by atoms with van der Waals surface area (Å²) in [5.74, 6) is 0.358. The number of anilines is 1. The molecule has 0 bridgehead atoms. The molecule has 0 radical (unpaired) electrons. The highest BCUT2D eigenvalue weighted by molar-refractivity contribution is 5.81. The van der Waals surface area contributed by atoms with Crippen LogP contribution in [0.25, 0.3) is 11.2 Å². The third kappa shape index (κ3) is 2.37. The molecule has 0 saturated carbocycles. The van der Waals surface area contributed by atoms with Crippen molar-refractivity contribution in [1.29, 1.82) is 0 Å². The number of piperidine rings is 1. The maximum absolute atomic E-state index is 10.9. The van der Waals surface area contributed by atoms with E-state index >= 15 is 0 Å². The number of nitrogens with one attached hydrogen (secondary N) is 1. The van der Waals surface area contributed by atoms with Gasteiger partial charge in [0.1, 0.15) is 17.4 Å². The van der Waals surface area contributed by atoms with E-state index in [4.69, 9.17) is 10.5 Å². The smallest absolute Gasteiger partial charge is 0.165 e. The first kappa shape index (κ1) is 14.8. The minimum absolute atomic E-state index is 0.159. The van der Waals surface area contributed by atoms with Crippen LogP contribution in [0.5, 0.6) is 0 Å². The molecule has 4 rings (SSSR count). The summed E-state index contributed by atoms with van der Waals surface area (Å²) in [5, 5.41) is 14.2. The Morgan fingerprint density at radius 2 is 2.13 bits per heavy atom. The molecule has 0 unspecified atom stereocenters. The molecule has 2 saturated heterocycles. The van der Waals surface area contributed by atoms with Gasteiger partial charge in [0.15, 0.2) is 11.5 Å². The standard InChI is InChI=1S/C15H22N6O2/c1-14(22)7-23-15(2-4-17-5-3-15)6-10(14)21-9-20-11-12(16)18-8-19-13(11)21/h8-10,17,22H,2-7H2,1H3,(H2,16,18,19)/t10-,14-/m1/s1. The predicted molar refractivity (Wildman–Crippen MR) is 84.8 cm³/mol. The van der Waals surface area contributed by atoms with Gasteiger partial charge in [-0.05, 0) is 32.9 Å². The Kier molecular flexibility index (Phi) is 3.29. The Balaban J connectivity index is 1.75. The van der Waals surface area contributed by atoms with Crippen molar-refractivity contribution in [3.8, 4) is 0 Å². The highest BCUT2D eigenvalue weighted by Crippen LogP contribution is 2.43. The Labute approximate surface area is 134 Å². The number of nitrogens with zero attached hydrogens (tertiary/aromatic N) is 4. The Hall–Kier alpha value is -1.77. The molecule has 1 spiro atoms. The lowest BCUT2D eigenvalue weighted by atomic mass is 9.77. The minimum atomic E-state index is -0.983. The fraction of sp³-hybridized carbons (Fsp3) is 0.667. The van der Waals surface area contributed by atoms with Crippen molar-refractivity contribution in [3.63, 3.8) is 0 Å². The van der Waals surface area contributed by atoms with Crippen LogP contribution in [0.1, 0.15) is 32.2 Å². The number of fused-ring (bicyclic) bond motifs is 1. The van der Waals surface area contributed by atoms with Gasteiger partial charge in [0.25, 0.3) is 0 Å². The maximum atomic E-state index is 10.9. The Morgan fingerprint density at radius 3 is 2.91 bits per heavy atom. The summed E-state index contributed by atoms with van der Waals surface area (Å²) in [6, 6.07) is -0.159. The second-order valence-corrected chi connectivity index (χ2v) is 6.88. The molecular weight excluding hydrogens is 296 g/mol. The molecule has 2 atom stereocenters. The Morgan fingerprint density at radius 1 is 1.35 bits per heavy atom. The number of aliphatic hydroxyl groups is 1. The topological polar surface area (TPSA) is 111 Å². The number of ether oxygens (including phenoxy) is 1. The zero-order valence-electron chi connectivity index (χ0n) is 13.2. The molecule has 4 N–H and O–H groups in total. The van der Waals surface area contributed by atoms with E-state index in [1.807, 2.05) is 11.5 Å². The molecule has 2 aromatic heterocycles. The van der Waals surface area contributed by atoms with Gasteiger partial charge in [0.2, 0.25) is 0 Å². The zero-order valence-corrected chi connectivity index (χ0v) is 13.2. The van der Waals surface area contributed by atoms with Crippen LogP contribution in [-0.4, -0.2) is 55.5 Å². The number of imidazole rings is 1. The molecule has 4 heterocycles. The van der Waals surface area contributed by atoms with Crippen molar-refractivity contribution in [2.45, 2.75) is 43.4 Å². The van der Waals surface area contributed by atoms with E-state index in [1.165, 1.54) is 6.33 Å². The second-order valence-electron chi connectivity index (χ2n) is 6.88. The molecule has 0 aliphatic carbocycles. The van der Waals surface area contributed by atoms with Gasteiger partial charge in [0.05, 0.1) is 24.6 Å². The van der Waals surface area contributed by atoms with Crippen LogP contribution in [0.3, 0.4) is 0 Å². The summed E-state index contributed by atoms with van der Waals surface area (Å²) in [5.41, 5.74) is 5.95. The first-order valence-corrected chi connectivity index (χ1v) is 8.01. The van der Waals surface area contributed by atoms with Crippen LogP contribution >= 0.6 is 0 Å². The van der Waals surface area contributed by atoms with Crippen molar-refractivity contribution < 1.29 is 9.84 Å². The predicted octanol–water partition coefficient (Wildman–Crippen LogP) is 0.243. The highest BCUT2D eigenvalue weighted by atomic mass is 16.5. The first-order valence-electron chi connectivity index (χ1n) is 8.01. The first-order chi connectivity index (χ1) is 11.0. The highest BCUT2D eigenvalue weighted by Gasteiger charge is 2.48. The van der Waals surface area contributed by atoms with Crippen LogP contribution in [0, 0.1) is 0 Å². The lowest BCUT2D eigenvalue weighted by Crippen LogP contribution is -2.56. The zero-order chi connectivity index (χ0) is 16.1. The summed E-state index contributed by atoms with van der Waals surface area (Å²) in [4.78, 5) is 12.6. The average molecular weight is 318 g/mol. The minimum Gasteiger partial charge on any atom is -0.386 e. The summed E-state index contributed by atoms with van der Waals surface area (Å²) < 4.78 is 8.03. The third-order valence-corrected chi connectivity index (χ3v) is 5.19. The van der Waals surface area contributed by atoms with E-state index in [1.54, 1.807) is 6.33 Å². The van der Waals surface area contributed by atoms with E-state index in [2.05, 4.69) is 20.3 Å². The molecule has 2 fully saturated rings. The van der Waals surface area contributed by atoms with Crippen molar-refractivity contribution >= 4 is 17.0 Å². The average Bonchev–Trinajstić information content (AvgIpc) is 2.96. The van der Waals surface area contributed by atoms with Gasteiger partial charge in [-0.1, -0.05) is 0 Å². The lowest BCUT2D eigenvalue weighted by Gasteiger charge is -2.49. The largest absolute Gasteiger partial charge is 0.386 e. The normalized spacial score (nSPS) is 30.8. The van der Waals surface area contributed by atoms with E-state index in [-0.39, 0.29) is 11.6 Å².